The van der Waals surface area contributed by atoms with Crippen LogP contribution in [0.3, 0.4) is 0 Å². The Labute approximate surface area is 180 Å². The van der Waals surface area contributed by atoms with Crippen molar-refractivity contribution in [2.45, 2.75) is 25.9 Å². The zero-order chi connectivity index (χ0) is 20.3. The number of fused-ring (bicyclic) bond motifs is 1. The summed E-state index contributed by atoms with van der Waals surface area (Å²) in [6.45, 7) is 6.19. The molecule has 0 bridgehead atoms. The maximum Gasteiger partial charge on any atom is 0.313 e. The van der Waals surface area contributed by atoms with Gasteiger partial charge in [0.2, 0.25) is 0 Å². The number of halogens is 1. The first kappa shape index (κ1) is 20.2. The van der Waals surface area contributed by atoms with Gasteiger partial charge in [-0.2, -0.15) is 0 Å². The number of hydrogen-bond acceptors (Lipinski definition) is 4. The Morgan fingerprint density at radius 1 is 1.14 bits per heavy atom. The van der Waals surface area contributed by atoms with Gasteiger partial charge in [-0.3, -0.25) is 4.79 Å². The average Bonchev–Trinajstić information content (AvgIpc) is 3.18. The van der Waals surface area contributed by atoms with Crippen molar-refractivity contribution < 1.29 is 19.0 Å². The van der Waals surface area contributed by atoms with Crippen LogP contribution in [0.2, 0.25) is 0 Å². The first-order chi connectivity index (χ1) is 14.1. The van der Waals surface area contributed by atoms with Gasteiger partial charge in [0, 0.05) is 5.92 Å². The van der Waals surface area contributed by atoms with Gasteiger partial charge in [-0.25, -0.2) is 0 Å². The molecular weight excluding hydrogens is 432 g/mol. The summed E-state index contributed by atoms with van der Waals surface area (Å²) in [7, 11) is 0. The highest BCUT2D eigenvalue weighted by atomic mass is 79.9. The molecule has 2 aliphatic rings. The summed E-state index contributed by atoms with van der Waals surface area (Å²) in [4.78, 5) is 12.5. The number of benzene rings is 2. The molecule has 0 radical (unpaired) electrons. The van der Waals surface area contributed by atoms with Crippen LogP contribution in [0, 0.1) is 11.3 Å². The molecule has 0 amide bonds. The van der Waals surface area contributed by atoms with E-state index in [1.165, 1.54) is 0 Å². The zero-order valence-corrected chi connectivity index (χ0v) is 17.9. The van der Waals surface area contributed by atoms with Crippen molar-refractivity contribution in [1.29, 1.82) is 0 Å². The molecule has 0 spiro atoms. The maximum atomic E-state index is 12.5. The Morgan fingerprint density at radius 3 is 2.76 bits per heavy atom. The summed E-state index contributed by atoms with van der Waals surface area (Å²) < 4.78 is 17.8. The number of cyclic esters (lactones) is 1. The van der Waals surface area contributed by atoms with Gasteiger partial charge < -0.3 is 14.2 Å². The van der Waals surface area contributed by atoms with Crippen molar-refractivity contribution in [2.75, 3.05) is 19.8 Å². The summed E-state index contributed by atoms with van der Waals surface area (Å²) in [6.07, 6.45) is 2.29. The van der Waals surface area contributed by atoms with E-state index in [9.17, 15) is 4.79 Å². The van der Waals surface area contributed by atoms with Gasteiger partial charge in [0.25, 0.3) is 0 Å². The largest absolute Gasteiger partial charge is 0.490 e. The molecule has 1 saturated carbocycles. The van der Waals surface area contributed by atoms with Gasteiger partial charge in [-0.1, -0.05) is 48.6 Å². The summed E-state index contributed by atoms with van der Waals surface area (Å²) in [6, 6.07) is 16.1. The van der Waals surface area contributed by atoms with Crippen molar-refractivity contribution in [2.24, 2.45) is 11.3 Å². The van der Waals surface area contributed by atoms with Crippen molar-refractivity contribution in [3.63, 3.8) is 0 Å². The lowest BCUT2D eigenvalue weighted by atomic mass is 9.75. The van der Waals surface area contributed by atoms with Crippen molar-refractivity contribution in [3.8, 4) is 5.75 Å². The number of carbonyl (C=O) groups excluding carboxylic acids is 1. The molecule has 2 fully saturated rings. The lowest BCUT2D eigenvalue weighted by Gasteiger charge is -2.24. The van der Waals surface area contributed by atoms with Crippen molar-refractivity contribution >= 4 is 21.9 Å². The Kier molecular flexibility index (Phi) is 6.07. The van der Waals surface area contributed by atoms with Gasteiger partial charge in [-0.15, -0.1) is 0 Å². The highest BCUT2D eigenvalue weighted by Gasteiger charge is 2.55. The third-order valence-electron chi connectivity index (χ3n) is 5.82. The number of allylic oxidation sites excluding steroid dienone is 1. The Hall–Kier alpha value is -2.11. The Bertz CT molecular complexity index is 895. The summed E-state index contributed by atoms with van der Waals surface area (Å²) in [5.74, 6) is 0.947. The van der Waals surface area contributed by atoms with Crippen LogP contribution in [-0.4, -0.2) is 25.8 Å². The number of carbonyl (C=O) groups is 1. The minimum Gasteiger partial charge on any atom is -0.490 e. The molecule has 1 aliphatic carbocycles. The zero-order valence-electron chi connectivity index (χ0n) is 16.4. The smallest absolute Gasteiger partial charge is 0.313 e. The van der Waals surface area contributed by atoms with E-state index in [-0.39, 0.29) is 11.9 Å². The second-order valence-corrected chi connectivity index (χ2v) is 8.76. The molecule has 0 N–H and O–H groups in total. The monoisotopic (exact) mass is 456 g/mol. The quantitative estimate of drug-likeness (QED) is 0.315. The van der Waals surface area contributed by atoms with Crippen molar-refractivity contribution in [1.82, 2.24) is 0 Å². The molecule has 4 rings (SSSR count). The SMILES string of the molecule is C=C1CC2COC(=O)C2(Cc2ccc(OCCOCc3ccccc3)c(Br)c2)C1. The molecule has 0 aromatic heterocycles. The predicted molar refractivity (Wildman–Crippen MR) is 115 cm³/mol. The van der Waals surface area contributed by atoms with Gasteiger partial charge in [-0.05, 0) is 58.5 Å². The highest BCUT2D eigenvalue weighted by molar-refractivity contribution is 9.10. The molecule has 1 aliphatic heterocycles. The first-order valence-corrected chi connectivity index (χ1v) is 10.7. The second kappa shape index (κ2) is 8.72. The maximum absolute atomic E-state index is 12.5. The summed E-state index contributed by atoms with van der Waals surface area (Å²) >= 11 is 3.60. The van der Waals surface area contributed by atoms with E-state index >= 15 is 0 Å². The number of hydrogen-bond donors (Lipinski definition) is 0. The molecule has 5 heteroatoms. The lowest BCUT2D eigenvalue weighted by Crippen LogP contribution is -2.31. The highest BCUT2D eigenvalue weighted by Crippen LogP contribution is 2.52. The normalized spacial score (nSPS) is 23.1. The molecule has 2 atom stereocenters. The second-order valence-electron chi connectivity index (χ2n) is 7.91. The molecular formula is C24H25BrO4. The van der Waals surface area contributed by atoms with Gasteiger partial charge >= 0.3 is 5.97 Å². The fourth-order valence-electron chi connectivity index (χ4n) is 4.37. The molecule has 2 aromatic carbocycles. The van der Waals surface area contributed by atoms with Crippen LogP contribution in [0.1, 0.15) is 24.0 Å². The third-order valence-corrected chi connectivity index (χ3v) is 6.44. The van der Waals surface area contributed by atoms with E-state index in [4.69, 9.17) is 14.2 Å². The van der Waals surface area contributed by atoms with E-state index in [0.717, 1.165) is 39.8 Å². The van der Waals surface area contributed by atoms with E-state index in [0.29, 0.717) is 32.8 Å². The van der Waals surface area contributed by atoms with Crippen LogP contribution in [0.4, 0.5) is 0 Å². The average molecular weight is 457 g/mol. The van der Waals surface area contributed by atoms with Crippen LogP contribution >= 0.6 is 15.9 Å². The number of rotatable bonds is 8. The first-order valence-electron chi connectivity index (χ1n) is 9.93. The van der Waals surface area contributed by atoms with Gasteiger partial charge in [0.1, 0.15) is 12.4 Å². The van der Waals surface area contributed by atoms with Crippen LogP contribution < -0.4 is 4.74 Å². The predicted octanol–water partition coefficient (Wildman–Crippen LogP) is 5.10. The Morgan fingerprint density at radius 2 is 1.97 bits per heavy atom. The molecule has 152 valence electrons. The number of ether oxygens (including phenoxy) is 3. The van der Waals surface area contributed by atoms with Crippen LogP contribution in [0.5, 0.6) is 5.75 Å². The van der Waals surface area contributed by atoms with Crippen LogP contribution in [0.25, 0.3) is 0 Å². The van der Waals surface area contributed by atoms with Crippen LogP contribution in [-0.2, 0) is 27.3 Å². The van der Waals surface area contributed by atoms with E-state index in [1.807, 2.05) is 48.5 Å². The minimum atomic E-state index is -0.440. The molecule has 1 heterocycles. The molecule has 4 nitrogen and oxygen atoms in total. The fourth-order valence-corrected chi connectivity index (χ4v) is 4.91. The minimum absolute atomic E-state index is 0.0758. The van der Waals surface area contributed by atoms with Crippen molar-refractivity contribution in [3.05, 3.63) is 76.3 Å². The molecule has 29 heavy (non-hydrogen) atoms. The third kappa shape index (κ3) is 4.41. The fraction of sp³-hybridized carbons (Fsp3) is 0.375. The topological polar surface area (TPSA) is 44.8 Å². The van der Waals surface area contributed by atoms with Gasteiger partial charge in [0.05, 0.1) is 29.7 Å². The van der Waals surface area contributed by atoms with Crippen LogP contribution in [0.15, 0.2) is 65.2 Å². The summed E-state index contributed by atoms with van der Waals surface area (Å²) in [5, 5.41) is 0. The lowest BCUT2D eigenvalue weighted by molar-refractivity contribution is -0.146. The standard InChI is InChI=1S/C24H25BrO4/c1-17-11-20-16-29-23(26)24(20,13-17)14-19-7-8-22(21(25)12-19)28-10-9-27-15-18-5-3-2-4-6-18/h2-8,12,20H,1,9-11,13-16H2. The molecule has 2 aromatic rings. The van der Waals surface area contributed by atoms with E-state index in [1.54, 1.807) is 0 Å². The van der Waals surface area contributed by atoms with Gasteiger partial charge in [0.15, 0.2) is 0 Å². The number of esters is 1. The molecule has 1 saturated heterocycles. The van der Waals surface area contributed by atoms with E-state index < -0.39 is 5.41 Å². The van der Waals surface area contributed by atoms with E-state index in [2.05, 4.69) is 22.5 Å². The summed E-state index contributed by atoms with van der Waals surface area (Å²) in [5.41, 5.74) is 2.96. The Balaban J connectivity index is 1.31. The molecule has 2 unspecified atom stereocenters.